The van der Waals surface area contributed by atoms with Gasteiger partial charge in [-0.2, -0.15) is 0 Å². The van der Waals surface area contributed by atoms with Gasteiger partial charge in [-0.1, -0.05) is 6.07 Å². The largest absolute Gasteiger partial charge is 0.285 e. The lowest BCUT2D eigenvalue weighted by Crippen LogP contribution is -2.14. The van der Waals surface area contributed by atoms with Crippen molar-refractivity contribution in [1.29, 1.82) is 0 Å². The first-order valence-corrected chi connectivity index (χ1v) is 5.60. The van der Waals surface area contributed by atoms with Crippen molar-refractivity contribution in [3.63, 3.8) is 0 Å². The molecule has 3 heterocycles. The summed E-state index contributed by atoms with van der Waals surface area (Å²) in [6.07, 6.45) is 3.75. The number of hydrogen-bond donors (Lipinski definition) is 1. The fourth-order valence-corrected chi connectivity index (χ4v) is 2.00. The summed E-state index contributed by atoms with van der Waals surface area (Å²) in [6, 6.07) is 10.2. The molecule has 3 aromatic rings. The highest BCUT2D eigenvalue weighted by Crippen LogP contribution is 2.13. The fourth-order valence-electron chi connectivity index (χ4n) is 2.00. The van der Waals surface area contributed by atoms with Gasteiger partial charge in [0, 0.05) is 23.8 Å². The first kappa shape index (κ1) is 9.96. The Hall–Kier alpha value is -2.23. The zero-order chi connectivity index (χ0) is 11.8. The molecule has 3 aromatic heterocycles. The van der Waals surface area contributed by atoms with Crippen LogP contribution in [-0.2, 0) is 0 Å². The minimum Gasteiger partial charge on any atom is -0.285 e. The van der Waals surface area contributed by atoms with Crippen LogP contribution in [0.4, 0.5) is 5.82 Å². The second-order valence-electron chi connectivity index (χ2n) is 4.13. The van der Waals surface area contributed by atoms with Gasteiger partial charge in [0.15, 0.2) is 0 Å². The first-order valence-electron chi connectivity index (χ1n) is 5.60. The molecule has 17 heavy (non-hydrogen) atoms. The summed E-state index contributed by atoms with van der Waals surface area (Å²) in [4.78, 5) is 4.27. The van der Waals surface area contributed by atoms with Gasteiger partial charge >= 0.3 is 0 Å². The van der Waals surface area contributed by atoms with Crippen molar-refractivity contribution < 1.29 is 0 Å². The molecule has 0 fully saturated rings. The molecule has 1 N–H and O–H groups in total. The zero-order valence-corrected chi connectivity index (χ0v) is 9.88. The highest BCUT2D eigenvalue weighted by atomic mass is 15.4. The maximum atomic E-state index is 4.27. The summed E-state index contributed by atoms with van der Waals surface area (Å²) in [6.45, 7) is 4.15. The standard InChI is InChI=1S/C13H14N4/c1-10-6-7-11(2)17(10)15-13-5-3-4-12-14-8-9-16(12)13/h3-9,15H,1-2H3. The number of imidazole rings is 1. The number of anilines is 1. The zero-order valence-electron chi connectivity index (χ0n) is 9.88. The Labute approximate surface area is 99.5 Å². The van der Waals surface area contributed by atoms with Gasteiger partial charge in [-0.3, -0.25) is 14.5 Å². The molecule has 0 aromatic carbocycles. The van der Waals surface area contributed by atoms with Crippen LogP contribution in [0.5, 0.6) is 0 Å². The van der Waals surface area contributed by atoms with Crippen LogP contribution in [0.3, 0.4) is 0 Å². The normalized spacial score (nSPS) is 10.9. The predicted molar refractivity (Wildman–Crippen MR) is 68.1 cm³/mol. The van der Waals surface area contributed by atoms with E-state index in [0.717, 1.165) is 11.5 Å². The van der Waals surface area contributed by atoms with Crippen molar-refractivity contribution in [2.24, 2.45) is 0 Å². The quantitative estimate of drug-likeness (QED) is 0.729. The number of nitrogens with zero attached hydrogens (tertiary/aromatic N) is 3. The lowest BCUT2D eigenvalue weighted by Gasteiger charge is -2.13. The predicted octanol–water partition coefficient (Wildman–Crippen LogP) is 2.63. The summed E-state index contributed by atoms with van der Waals surface area (Å²) in [5.74, 6) is 1.00. The van der Waals surface area contributed by atoms with E-state index in [9.17, 15) is 0 Å². The van der Waals surface area contributed by atoms with E-state index in [0.29, 0.717) is 0 Å². The van der Waals surface area contributed by atoms with Gasteiger partial charge in [-0.05, 0) is 38.1 Å². The average molecular weight is 226 g/mol. The van der Waals surface area contributed by atoms with Crippen molar-refractivity contribution in [1.82, 2.24) is 14.1 Å². The van der Waals surface area contributed by atoms with E-state index in [-0.39, 0.29) is 0 Å². The highest BCUT2D eigenvalue weighted by molar-refractivity contribution is 5.50. The molecule has 0 amide bonds. The van der Waals surface area contributed by atoms with Gasteiger partial charge in [0.25, 0.3) is 0 Å². The number of aromatic nitrogens is 3. The maximum absolute atomic E-state index is 4.27. The molecule has 0 saturated heterocycles. The Morgan fingerprint density at radius 1 is 1.06 bits per heavy atom. The summed E-state index contributed by atoms with van der Waals surface area (Å²) >= 11 is 0. The van der Waals surface area contributed by atoms with Crippen LogP contribution in [0, 0.1) is 13.8 Å². The second kappa shape index (κ2) is 3.66. The van der Waals surface area contributed by atoms with Crippen molar-refractivity contribution in [3.05, 3.63) is 54.1 Å². The summed E-state index contributed by atoms with van der Waals surface area (Å²) < 4.78 is 4.09. The molecule has 0 saturated carbocycles. The second-order valence-corrected chi connectivity index (χ2v) is 4.13. The van der Waals surface area contributed by atoms with E-state index in [4.69, 9.17) is 0 Å². The molecule has 0 radical (unpaired) electrons. The van der Waals surface area contributed by atoms with E-state index in [1.165, 1.54) is 11.4 Å². The third kappa shape index (κ3) is 1.58. The summed E-state index contributed by atoms with van der Waals surface area (Å²) in [5, 5.41) is 0. The molecular formula is C13H14N4. The smallest absolute Gasteiger partial charge is 0.138 e. The average Bonchev–Trinajstić information content (AvgIpc) is 2.91. The molecule has 4 heteroatoms. The Morgan fingerprint density at radius 2 is 1.82 bits per heavy atom. The van der Waals surface area contributed by atoms with Crippen LogP contribution in [-0.4, -0.2) is 14.1 Å². The van der Waals surface area contributed by atoms with Gasteiger partial charge in [0.1, 0.15) is 11.5 Å². The summed E-state index contributed by atoms with van der Waals surface area (Å²) in [5.41, 5.74) is 6.69. The first-order chi connectivity index (χ1) is 8.25. The third-order valence-corrected chi connectivity index (χ3v) is 2.93. The number of pyridine rings is 1. The Bertz CT molecular complexity index is 643. The summed E-state index contributed by atoms with van der Waals surface area (Å²) in [7, 11) is 0. The van der Waals surface area contributed by atoms with Crippen molar-refractivity contribution >= 4 is 11.5 Å². The van der Waals surface area contributed by atoms with E-state index >= 15 is 0 Å². The van der Waals surface area contributed by atoms with Crippen LogP contribution in [0.15, 0.2) is 42.7 Å². The monoisotopic (exact) mass is 226 g/mol. The van der Waals surface area contributed by atoms with Gasteiger partial charge in [-0.15, -0.1) is 0 Å². The SMILES string of the molecule is Cc1ccc(C)n1Nc1cccc2nccn12. The van der Waals surface area contributed by atoms with Crippen LogP contribution in [0.25, 0.3) is 5.65 Å². The molecule has 0 aliphatic heterocycles. The van der Waals surface area contributed by atoms with E-state index in [1.54, 1.807) is 6.20 Å². The molecule has 3 rings (SSSR count). The molecule has 0 unspecified atom stereocenters. The molecule has 86 valence electrons. The van der Waals surface area contributed by atoms with Gasteiger partial charge in [0.05, 0.1) is 0 Å². The number of rotatable bonds is 2. The minimum atomic E-state index is 0.942. The van der Waals surface area contributed by atoms with E-state index < -0.39 is 0 Å². The molecule has 0 atom stereocenters. The molecule has 0 aliphatic rings. The van der Waals surface area contributed by atoms with Gasteiger partial charge in [-0.25, -0.2) is 4.98 Å². The third-order valence-electron chi connectivity index (χ3n) is 2.93. The van der Waals surface area contributed by atoms with Crippen LogP contribution >= 0.6 is 0 Å². The van der Waals surface area contributed by atoms with E-state index in [2.05, 4.69) is 41.1 Å². The minimum absolute atomic E-state index is 0.942. The van der Waals surface area contributed by atoms with Crippen molar-refractivity contribution in [2.75, 3.05) is 5.43 Å². The molecule has 4 nitrogen and oxygen atoms in total. The molecule has 0 bridgehead atoms. The maximum Gasteiger partial charge on any atom is 0.138 e. The number of hydrogen-bond acceptors (Lipinski definition) is 2. The highest BCUT2D eigenvalue weighted by Gasteiger charge is 2.03. The molecule has 0 aliphatic carbocycles. The van der Waals surface area contributed by atoms with Crippen LogP contribution < -0.4 is 5.43 Å². The Kier molecular flexibility index (Phi) is 2.14. The van der Waals surface area contributed by atoms with Crippen molar-refractivity contribution in [2.45, 2.75) is 13.8 Å². The van der Waals surface area contributed by atoms with Gasteiger partial charge in [0.2, 0.25) is 0 Å². The van der Waals surface area contributed by atoms with Crippen LogP contribution in [0.2, 0.25) is 0 Å². The Balaban J connectivity index is 2.08. The van der Waals surface area contributed by atoms with Crippen LogP contribution in [0.1, 0.15) is 11.4 Å². The molecular weight excluding hydrogens is 212 g/mol. The Morgan fingerprint density at radius 3 is 2.59 bits per heavy atom. The number of nitrogens with one attached hydrogen (secondary N) is 1. The molecule has 0 spiro atoms. The lowest BCUT2D eigenvalue weighted by atomic mass is 10.4. The van der Waals surface area contributed by atoms with Gasteiger partial charge < -0.3 is 0 Å². The number of fused-ring (bicyclic) bond motifs is 1. The van der Waals surface area contributed by atoms with E-state index in [1.807, 2.05) is 28.8 Å². The number of aryl methyl sites for hydroxylation is 2. The lowest BCUT2D eigenvalue weighted by molar-refractivity contribution is 0.864. The van der Waals surface area contributed by atoms with Crippen molar-refractivity contribution in [3.8, 4) is 0 Å². The topological polar surface area (TPSA) is 34.3 Å². The fraction of sp³-hybridized carbons (Fsp3) is 0.154.